The summed E-state index contributed by atoms with van der Waals surface area (Å²) < 4.78 is 47.5. The highest BCUT2D eigenvalue weighted by molar-refractivity contribution is 7.92. The number of halogens is 1. The molecule has 0 spiro atoms. The number of hydrogen-bond acceptors (Lipinski definition) is 5. The van der Waals surface area contributed by atoms with Gasteiger partial charge in [-0.2, -0.15) is 0 Å². The molecule has 3 aromatic rings. The van der Waals surface area contributed by atoms with Crippen molar-refractivity contribution in [3.8, 4) is 0 Å². The van der Waals surface area contributed by atoms with Gasteiger partial charge in [-0.15, -0.1) is 0 Å². The molecule has 2 N–H and O–H groups in total. The molecule has 0 aliphatic carbocycles. The summed E-state index contributed by atoms with van der Waals surface area (Å²) in [5, 5.41) is 2.65. The van der Waals surface area contributed by atoms with E-state index < -0.39 is 21.7 Å². The molecule has 4 rings (SSSR count). The number of amides is 1. The number of carbonyl (C=O) groups excluding carboxylic acids is 1. The summed E-state index contributed by atoms with van der Waals surface area (Å²) in [5.41, 5.74) is 2.50. The third-order valence-electron chi connectivity index (χ3n) is 5.29. The summed E-state index contributed by atoms with van der Waals surface area (Å²) in [4.78, 5) is 14.5. The van der Waals surface area contributed by atoms with Crippen molar-refractivity contribution in [3.05, 3.63) is 83.7 Å². The van der Waals surface area contributed by atoms with Gasteiger partial charge in [0.15, 0.2) is 0 Å². The van der Waals surface area contributed by atoms with E-state index in [0.29, 0.717) is 43.4 Å². The van der Waals surface area contributed by atoms with Crippen LogP contribution >= 0.6 is 0 Å². The number of morpholine rings is 1. The molecule has 0 aromatic heterocycles. The Morgan fingerprint density at radius 3 is 2.21 bits per heavy atom. The molecule has 3 aromatic carbocycles. The second-order valence-electron chi connectivity index (χ2n) is 7.72. The molecule has 9 heteroatoms. The zero-order valence-electron chi connectivity index (χ0n) is 18.0. The van der Waals surface area contributed by atoms with Gasteiger partial charge < -0.3 is 15.0 Å². The third kappa shape index (κ3) is 5.50. The smallest absolute Gasteiger partial charge is 0.261 e. The van der Waals surface area contributed by atoms with Gasteiger partial charge in [0.25, 0.3) is 15.9 Å². The molecular formula is C24H24FN3O4S. The Morgan fingerprint density at radius 2 is 1.58 bits per heavy atom. The van der Waals surface area contributed by atoms with Crippen LogP contribution < -0.4 is 14.9 Å². The molecule has 172 valence electrons. The molecule has 0 radical (unpaired) electrons. The predicted octanol–water partition coefficient (Wildman–Crippen LogP) is 4.02. The van der Waals surface area contributed by atoms with E-state index in [0.717, 1.165) is 5.56 Å². The highest BCUT2D eigenvalue weighted by atomic mass is 32.2. The lowest BCUT2D eigenvalue weighted by Gasteiger charge is -2.29. The van der Waals surface area contributed by atoms with Gasteiger partial charge in [0, 0.05) is 30.0 Å². The average Bonchev–Trinajstić information content (AvgIpc) is 2.81. The van der Waals surface area contributed by atoms with Crippen LogP contribution in [0.3, 0.4) is 0 Å². The summed E-state index contributed by atoms with van der Waals surface area (Å²) >= 11 is 0. The van der Waals surface area contributed by atoms with E-state index in [1.165, 1.54) is 30.3 Å². The van der Waals surface area contributed by atoms with Gasteiger partial charge in [-0.25, -0.2) is 12.8 Å². The van der Waals surface area contributed by atoms with E-state index in [-0.39, 0.29) is 10.5 Å². The van der Waals surface area contributed by atoms with Crippen molar-refractivity contribution < 1.29 is 22.3 Å². The second kappa shape index (κ2) is 9.60. The van der Waals surface area contributed by atoms with Crippen molar-refractivity contribution in [2.45, 2.75) is 11.8 Å². The third-order valence-corrected chi connectivity index (χ3v) is 6.69. The maximum absolute atomic E-state index is 14.6. The van der Waals surface area contributed by atoms with Crippen molar-refractivity contribution in [1.29, 1.82) is 0 Å². The average molecular weight is 470 g/mol. The number of nitrogens with one attached hydrogen (secondary N) is 2. The highest BCUT2D eigenvalue weighted by Gasteiger charge is 2.17. The Balaban J connectivity index is 1.43. The largest absolute Gasteiger partial charge is 0.378 e. The maximum atomic E-state index is 14.6. The van der Waals surface area contributed by atoms with E-state index in [2.05, 4.69) is 10.0 Å². The summed E-state index contributed by atoms with van der Waals surface area (Å²) in [6, 6.07) is 17.0. The van der Waals surface area contributed by atoms with E-state index >= 15 is 0 Å². The van der Waals surface area contributed by atoms with Crippen molar-refractivity contribution in [1.82, 2.24) is 0 Å². The quantitative estimate of drug-likeness (QED) is 0.569. The molecule has 1 aliphatic rings. The van der Waals surface area contributed by atoms with Crippen LogP contribution in [0.5, 0.6) is 0 Å². The van der Waals surface area contributed by atoms with Gasteiger partial charge in [0.05, 0.1) is 23.8 Å². The lowest BCUT2D eigenvalue weighted by molar-refractivity contribution is 0.102. The van der Waals surface area contributed by atoms with Crippen LogP contribution in [0.2, 0.25) is 0 Å². The van der Waals surface area contributed by atoms with E-state index in [4.69, 9.17) is 4.74 Å². The number of nitrogens with zero attached hydrogens (tertiary/aromatic N) is 1. The van der Waals surface area contributed by atoms with Gasteiger partial charge in [-0.05, 0) is 61.5 Å². The van der Waals surface area contributed by atoms with Crippen LogP contribution in [0.1, 0.15) is 15.9 Å². The number of sulfonamides is 1. The number of aryl methyl sites for hydroxylation is 1. The number of carbonyl (C=O) groups is 1. The molecule has 1 fully saturated rings. The fourth-order valence-corrected chi connectivity index (χ4v) is 4.53. The van der Waals surface area contributed by atoms with Crippen LogP contribution in [-0.4, -0.2) is 40.6 Å². The monoisotopic (exact) mass is 469 g/mol. The normalized spacial score (nSPS) is 14.1. The van der Waals surface area contributed by atoms with Crippen molar-refractivity contribution >= 4 is 33.0 Å². The lowest BCUT2D eigenvalue weighted by Crippen LogP contribution is -2.36. The Hall–Kier alpha value is -3.43. The van der Waals surface area contributed by atoms with Gasteiger partial charge in [0.2, 0.25) is 0 Å². The molecular weight excluding hydrogens is 445 g/mol. The molecule has 0 saturated carbocycles. The van der Waals surface area contributed by atoms with Crippen molar-refractivity contribution in [3.63, 3.8) is 0 Å². The Bertz CT molecular complexity index is 1240. The van der Waals surface area contributed by atoms with Crippen LogP contribution in [0, 0.1) is 12.7 Å². The molecule has 1 aliphatic heterocycles. The summed E-state index contributed by atoms with van der Waals surface area (Å²) in [5.74, 6) is -0.901. The molecule has 1 saturated heterocycles. The minimum atomic E-state index is -3.79. The van der Waals surface area contributed by atoms with Crippen LogP contribution in [0.25, 0.3) is 0 Å². The van der Waals surface area contributed by atoms with Crippen LogP contribution in [0.4, 0.5) is 21.5 Å². The Labute approximate surface area is 192 Å². The topological polar surface area (TPSA) is 87.7 Å². The number of rotatable bonds is 6. The molecule has 1 amide bonds. The highest BCUT2D eigenvalue weighted by Crippen LogP contribution is 2.24. The maximum Gasteiger partial charge on any atom is 0.261 e. The van der Waals surface area contributed by atoms with Crippen LogP contribution in [-0.2, 0) is 14.8 Å². The van der Waals surface area contributed by atoms with Crippen molar-refractivity contribution in [2.24, 2.45) is 0 Å². The fourth-order valence-electron chi connectivity index (χ4n) is 3.47. The first-order chi connectivity index (χ1) is 15.8. The standard InChI is InChI=1S/C24H24FN3O4S/c1-17-2-6-19(7-3-17)27-33(30,31)21-9-4-18(5-10-21)24(29)26-20-8-11-23(22(25)16-20)28-12-14-32-15-13-28/h2-11,16,27H,12-15H2,1H3,(H,26,29). The van der Waals surface area contributed by atoms with Gasteiger partial charge >= 0.3 is 0 Å². The zero-order chi connectivity index (χ0) is 23.4. The SMILES string of the molecule is Cc1ccc(NS(=O)(=O)c2ccc(C(=O)Nc3ccc(N4CCOCC4)c(F)c3)cc2)cc1. The fraction of sp³-hybridized carbons (Fsp3) is 0.208. The Morgan fingerprint density at radius 1 is 0.939 bits per heavy atom. The second-order valence-corrected chi connectivity index (χ2v) is 9.40. The predicted molar refractivity (Wildman–Crippen MR) is 126 cm³/mol. The Kier molecular flexibility index (Phi) is 6.62. The first kappa shape index (κ1) is 22.8. The summed E-state index contributed by atoms with van der Waals surface area (Å²) in [6.07, 6.45) is 0. The molecule has 33 heavy (non-hydrogen) atoms. The number of benzene rings is 3. The minimum Gasteiger partial charge on any atom is -0.378 e. The summed E-state index contributed by atoms with van der Waals surface area (Å²) in [7, 11) is -3.79. The molecule has 7 nitrogen and oxygen atoms in total. The first-order valence-corrected chi connectivity index (χ1v) is 11.9. The van der Waals surface area contributed by atoms with E-state index in [1.807, 2.05) is 24.0 Å². The van der Waals surface area contributed by atoms with Crippen molar-refractivity contribution in [2.75, 3.05) is 41.2 Å². The zero-order valence-corrected chi connectivity index (χ0v) is 18.9. The van der Waals surface area contributed by atoms with Crippen LogP contribution in [0.15, 0.2) is 71.6 Å². The van der Waals surface area contributed by atoms with E-state index in [9.17, 15) is 17.6 Å². The lowest BCUT2D eigenvalue weighted by atomic mass is 10.2. The first-order valence-electron chi connectivity index (χ1n) is 10.4. The van der Waals surface area contributed by atoms with E-state index in [1.54, 1.807) is 24.3 Å². The van der Waals surface area contributed by atoms with Gasteiger partial charge in [-0.1, -0.05) is 17.7 Å². The van der Waals surface area contributed by atoms with Gasteiger partial charge in [0.1, 0.15) is 5.82 Å². The minimum absolute atomic E-state index is 0.0283. The summed E-state index contributed by atoms with van der Waals surface area (Å²) in [6.45, 7) is 4.22. The molecule has 0 bridgehead atoms. The van der Waals surface area contributed by atoms with Gasteiger partial charge in [-0.3, -0.25) is 9.52 Å². The molecule has 0 unspecified atom stereocenters. The number of anilines is 3. The molecule has 0 atom stereocenters. The number of ether oxygens (including phenoxy) is 1. The molecule has 1 heterocycles. The number of hydrogen-bond donors (Lipinski definition) is 2.